The van der Waals surface area contributed by atoms with Gasteiger partial charge in [-0.1, -0.05) is 30.3 Å². The van der Waals surface area contributed by atoms with Crippen LogP contribution in [-0.2, 0) is 10.0 Å². The molecule has 1 aliphatic heterocycles. The summed E-state index contributed by atoms with van der Waals surface area (Å²) in [6.45, 7) is 3.66. The number of hydrogen-bond acceptors (Lipinski definition) is 4. The lowest BCUT2D eigenvalue weighted by Gasteiger charge is -2.16. The highest BCUT2D eigenvalue weighted by Crippen LogP contribution is 2.30. The van der Waals surface area contributed by atoms with Crippen LogP contribution in [0.1, 0.15) is 31.8 Å². The Balaban J connectivity index is 1.63. The van der Waals surface area contributed by atoms with Crippen LogP contribution in [0.5, 0.6) is 0 Å². The molecular weight excluding hydrogens is 388 g/mol. The molecule has 146 valence electrons. The molecule has 0 bridgehead atoms. The van der Waals surface area contributed by atoms with E-state index < -0.39 is 21.8 Å². The van der Waals surface area contributed by atoms with Crippen LogP contribution in [-0.4, -0.2) is 20.2 Å². The van der Waals surface area contributed by atoms with Crippen molar-refractivity contribution in [3.63, 3.8) is 0 Å². The zero-order valence-electron chi connectivity index (χ0n) is 15.8. The fourth-order valence-electron chi connectivity index (χ4n) is 3.37. The Morgan fingerprint density at radius 2 is 1.24 bits per heavy atom. The molecule has 0 fully saturated rings. The molecule has 1 aliphatic rings. The minimum atomic E-state index is -3.82. The van der Waals surface area contributed by atoms with Gasteiger partial charge in [-0.3, -0.25) is 14.3 Å². The van der Waals surface area contributed by atoms with Crippen molar-refractivity contribution in [2.75, 3.05) is 9.62 Å². The number of nitrogens with zero attached hydrogens (tertiary/aromatic N) is 1. The van der Waals surface area contributed by atoms with Gasteiger partial charge in [0.25, 0.3) is 21.8 Å². The highest BCUT2D eigenvalue weighted by molar-refractivity contribution is 7.92. The third-order valence-corrected chi connectivity index (χ3v) is 6.28. The lowest BCUT2D eigenvalue weighted by molar-refractivity contribution is 0.0926. The molecule has 0 unspecified atom stereocenters. The van der Waals surface area contributed by atoms with Gasteiger partial charge in [-0.2, -0.15) is 0 Å². The van der Waals surface area contributed by atoms with Gasteiger partial charge in [0.05, 0.1) is 27.4 Å². The number of para-hydroxylation sites is 1. The van der Waals surface area contributed by atoms with Crippen LogP contribution >= 0.6 is 0 Å². The second-order valence-corrected chi connectivity index (χ2v) is 8.54. The SMILES string of the molecule is Cc1cccc(C)c1NS(=O)(=O)c1ccc(N2C(=O)c3ccccc3C2=O)cc1. The second kappa shape index (κ2) is 6.86. The van der Waals surface area contributed by atoms with Crippen molar-refractivity contribution >= 4 is 33.2 Å². The number of hydrogen-bond donors (Lipinski definition) is 1. The molecule has 29 heavy (non-hydrogen) atoms. The molecule has 1 N–H and O–H groups in total. The molecular formula is C22H18N2O4S. The second-order valence-electron chi connectivity index (χ2n) is 6.86. The Kier molecular flexibility index (Phi) is 4.47. The van der Waals surface area contributed by atoms with E-state index in [9.17, 15) is 18.0 Å². The summed E-state index contributed by atoms with van der Waals surface area (Å²) in [5.41, 5.74) is 3.17. The molecule has 4 rings (SSSR count). The average molecular weight is 406 g/mol. The first-order valence-corrected chi connectivity index (χ1v) is 10.4. The molecule has 7 heteroatoms. The number of sulfonamides is 1. The van der Waals surface area contributed by atoms with E-state index in [1.807, 2.05) is 32.0 Å². The summed E-state index contributed by atoms with van der Waals surface area (Å²) >= 11 is 0. The van der Waals surface area contributed by atoms with Crippen LogP contribution in [0, 0.1) is 13.8 Å². The summed E-state index contributed by atoms with van der Waals surface area (Å²) in [4.78, 5) is 26.3. The van der Waals surface area contributed by atoms with E-state index in [1.165, 1.54) is 24.3 Å². The van der Waals surface area contributed by atoms with Crippen molar-refractivity contribution in [2.24, 2.45) is 0 Å². The van der Waals surface area contributed by atoms with Gasteiger partial charge < -0.3 is 0 Å². The predicted octanol–water partition coefficient (Wildman–Crippen LogP) is 3.90. The number of fused-ring (bicyclic) bond motifs is 1. The summed E-state index contributed by atoms with van der Waals surface area (Å²) in [7, 11) is -3.82. The fourth-order valence-corrected chi connectivity index (χ4v) is 4.57. The van der Waals surface area contributed by atoms with E-state index in [2.05, 4.69) is 4.72 Å². The van der Waals surface area contributed by atoms with E-state index in [4.69, 9.17) is 0 Å². The predicted molar refractivity (Wildman–Crippen MR) is 111 cm³/mol. The molecule has 6 nitrogen and oxygen atoms in total. The molecule has 3 aromatic carbocycles. The number of carbonyl (C=O) groups excluding carboxylic acids is 2. The van der Waals surface area contributed by atoms with Gasteiger partial charge >= 0.3 is 0 Å². The minimum absolute atomic E-state index is 0.0421. The smallest absolute Gasteiger partial charge is 0.266 e. The van der Waals surface area contributed by atoms with Crippen molar-refractivity contribution < 1.29 is 18.0 Å². The van der Waals surface area contributed by atoms with Crippen LogP contribution in [0.3, 0.4) is 0 Å². The van der Waals surface area contributed by atoms with Gasteiger partial charge in [-0.15, -0.1) is 0 Å². The average Bonchev–Trinajstić information content (AvgIpc) is 2.96. The maximum Gasteiger partial charge on any atom is 0.266 e. The first kappa shape index (κ1) is 18.9. The third-order valence-electron chi connectivity index (χ3n) is 4.92. The summed E-state index contributed by atoms with van der Waals surface area (Å²) in [5, 5.41) is 0. The van der Waals surface area contributed by atoms with Gasteiger partial charge in [0, 0.05) is 0 Å². The number of amides is 2. The first-order chi connectivity index (χ1) is 13.8. The zero-order valence-corrected chi connectivity index (χ0v) is 16.7. The summed E-state index contributed by atoms with van der Waals surface area (Å²) in [6.07, 6.45) is 0. The van der Waals surface area contributed by atoms with Crippen LogP contribution in [0.4, 0.5) is 11.4 Å². The van der Waals surface area contributed by atoms with Gasteiger partial charge in [0.1, 0.15) is 0 Å². The maximum atomic E-state index is 12.8. The van der Waals surface area contributed by atoms with Crippen molar-refractivity contribution in [3.05, 3.63) is 89.0 Å². The Hall–Kier alpha value is -3.45. The van der Waals surface area contributed by atoms with Crippen LogP contribution in [0.25, 0.3) is 0 Å². The first-order valence-electron chi connectivity index (χ1n) is 8.96. The minimum Gasteiger partial charge on any atom is -0.279 e. The third kappa shape index (κ3) is 3.19. The number of anilines is 2. The molecule has 0 spiro atoms. The van der Waals surface area contributed by atoms with E-state index in [-0.39, 0.29) is 4.90 Å². The molecule has 0 radical (unpaired) electrons. The summed E-state index contributed by atoms with van der Waals surface area (Å²) in [6, 6.07) is 17.8. The Labute approximate surface area is 168 Å². The Morgan fingerprint density at radius 3 is 1.76 bits per heavy atom. The molecule has 3 aromatic rings. The van der Waals surface area contributed by atoms with Crippen LogP contribution in [0.2, 0.25) is 0 Å². The summed E-state index contributed by atoms with van der Waals surface area (Å²) < 4.78 is 28.2. The molecule has 0 atom stereocenters. The monoisotopic (exact) mass is 406 g/mol. The molecule has 0 aromatic heterocycles. The van der Waals surface area contributed by atoms with Crippen LogP contribution in [0.15, 0.2) is 71.6 Å². The molecule has 0 saturated carbocycles. The van der Waals surface area contributed by atoms with E-state index in [1.54, 1.807) is 24.3 Å². The molecule has 2 amide bonds. The Bertz CT molecular complexity index is 1190. The van der Waals surface area contributed by atoms with Gasteiger partial charge in [-0.05, 0) is 61.4 Å². The maximum absolute atomic E-state index is 12.8. The number of nitrogens with one attached hydrogen (secondary N) is 1. The van der Waals surface area contributed by atoms with Crippen molar-refractivity contribution in [1.29, 1.82) is 0 Å². The number of carbonyl (C=O) groups is 2. The molecule has 1 heterocycles. The number of aryl methyl sites for hydroxylation is 2. The lowest BCUT2D eigenvalue weighted by Crippen LogP contribution is -2.29. The van der Waals surface area contributed by atoms with Crippen molar-refractivity contribution in [1.82, 2.24) is 0 Å². The van der Waals surface area contributed by atoms with Crippen molar-refractivity contribution in [2.45, 2.75) is 18.7 Å². The van der Waals surface area contributed by atoms with Gasteiger partial charge in [-0.25, -0.2) is 13.3 Å². The number of rotatable bonds is 4. The highest BCUT2D eigenvalue weighted by Gasteiger charge is 2.36. The number of benzene rings is 3. The van der Waals surface area contributed by atoms with E-state index in [0.717, 1.165) is 16.0 Å². The fraction of sp³-hybridized carbons (Fsp3) is 0.0909. The van der Waals surface area contributed by atoms with E-state index in [0.29, 0.717) is 22.5 Å². The van der Waals surface area contributed by atoms with Gasteiger partial charge in [0.15, 0.2) is 0 Å². The van der Waals surface area contributed by atoms with Gasteiger partial charge in [0.2, 0.25) is 0 Å². The van der Waals surface area contributed by atoms with Crippen molar-refractivity contribution in [3.8, 4) is 0 Å². The van der Waals surface area contributed by atoms with Crippen LogP contribution < -0.4 is 9.62 Å². The number of imide groups is 1. The topological polar surface area (TPSA) is 83.6 Å². The summed E-state index contributed by atoms with van der Waals surface area (Å²) in [5.74, 6) is -0.843. The quantitative estimate of drug-likeness (QED) is 0.666. The molecule has 0 saturated heterocycles. The zero-order chi connectivity index (χ0) is 20.8. The standard InChI is InChI=1S/C22H18N2O4S/c1-14-6-5-7-15(2)20(14)23-29(27,28)17-12-10-16(11-13-17)24-21(25)18-8-3-4-9-19(18)22(24)26/h3-13,23H,1-2H3. The largest absolute Gasteiger partial charge is 0.279 e. The molecule has 0 aliphatic carbocycles. The lowest BCUT2D eigenvalue weighted by atomic mass is 10.1. The normalized spacial score (nSPS) is 13.5. The van der Waals surface area contributed by atoms with E-state index >= 15 is 0 Å². The Morgan fingerprint density at radius 1 is 0.724 bits per heavy atom. The highest BCUT2D eigenvalue weighted by atomic mass is 32.2.